The topological polar surface area (TPSA) is 66.8 Å². The number of halogens is 1. The van der Waals surface area contributed by atoms with E-state index < -0.39 is 17.5 Å². The molecule has 1 aliphatic heterocycles. The van der Waals surface area contributed by atoms with E-state index in [1.807, 2.05) is 13.8 Å². The third kappa shape index (κ3) is 3.96. The zero-order valence-electron chi connectivity index (χ0n) is 13.6. The molecule has 2 unspecified atom stereocenters. The molecule has 126 valence electrons. The van der Waals surface area contributed by atoms with Crippen molar-refractivity contribution in [2.45, 2.75) is 33.3 Å². The number of carboxylic acid groups (broad SMARTS) is 1. The highest BCUT2D eigenvalue weighted by Gasteiger charge is 2.44. The van der Waals surface area contributed by atoms with Crippen molar-refractivity contribution >= 4 is 23.5 Å². The number of amides is 1. The lowest BCUT2D eigenvalue weighted by Crippen LogP contribution is -2.45. The number of hydrogen-bond acceptors (Lipinski definition) is 3. The van der Waals surface area contributed by atoms with Gasteiger partial charge < -0.3 is 14.7 Å². The molecular weight excluding hydrogens is 318 g/mol. The molecule has 1 fully saturated rings. The predicted molar refractivity (Wildman–Crippen MR) is 87.6 cm³/mol. The van der Waals surface area contributed by atoms with Crippen molar-refractivity contribution in [2.75, 3.05) is 13.1 Å². The van der Waals surface area contributed by atoms with E-state index in [0.29, 0.717) is 23.7 Å². The fourth-order valence-electron chi connectivity index (χ4n) is 2.66. The zero-order valence-corrected chi connectivity index (χ0v) is 14.3. The molecule has 2 atom stereocenters. The first-order valence-electron chi connectivity index (χ1n) is 7.67. The summed E-state index contributed by atoms with van der Waals surface area (Å²) in [6, 6.07) is 6.91. The molecule has 23 heavy (non-hydrogen) atoms. The van der Waals surface area contributed by atoms with Gasteiger partial charge in [0.25, 0.3) is 5.91 Å². The van der Waals surface area contributed by atoms with E-state index in [-0.39, 0.29) is 18.4 Å². The minimum atomic E-state index is -0.882. The zero-order chi connectivity index (χ0) is 17.2. The van der Waals surface area contributed by atoms with Gasteiger partial charge in [-0.3, -0.25) is 9.59 Å². The Morgan fingerprint density at radius 2 is 2.09 bits per heavy atom. The van der Waals surface area contributed by atoms with E-state index in [1.54, 1.807) is 36.1 Å². The number of carboxylic acids is 1. The number of nitrogens with zero attached hydrogens (tertiary/aromatic N) is 1. The molecule has 1 N–H and O–H groups in total. The highest BCUT2D eigenvalue weighted by Crippen LogP contribution is 2.31. The second-order valence-corrected chi connectivity index (χ2v) is 7.05. The van der Waals surface area contributed by atoms with Gasteiger partial charge in [0.05, 0.1) is 5.41 Å². The SMILES string of the molecule is CC(C)C(Oc1cccc(Cl)c1)C(=O)N1CCC(C)(C(=O)O)C1. The number of aliphatic carboxylic acids is 1. The Hall–Kier alpha value is -1.75. The average molecular weight is 340 g/mol. The van der Waals surface area contributed by atoms with Crippen LogP contribution in [0.2, 0.25) is 5.02 Å². The maximum Gasteiger partial charge on any atom is 0.311 e. The fourth-order valence-corrected chi connectivity index (χ4v) is 2.84. The van der Waals surface area contributed by atoms with Crippen LogP contribution in [0.3, 0.4) is 0 Å². The Bertz CT molecular complexity index is 604. The van der Waals surface area contributed by atoms with E-state index in [0.717, 1.165) is 0 Å². The first kappa shape index (κ1) is 17.6. The molecule has 0 saturated carbocycles. The largest absolute Gasteiger partial charge is 0.481 e. The smallest absolute Gasteiger partial charge is 0.311 e. The Labute approximate surface area is 141 Å². The first-order chi connectivity index (χ1) is 10.7. The van der Waals surface area contributed by atoms with Gasteiger partial charge in [-0.25, -0.2) is 0 Å². The van der Waals surface area contributed by atoms with Gasteiger partial charge in [0.2, 0.25) is 0 Å². The summed E-state index contributed by atoms with van der Waals surface area (Å²) in [5.41, 5.74) is -0.882. The highest BCUT2D eigenvalue weighted by molar-refractivity contribution is 6.30. The second-order valence-electron chi connectivity index (χ2n) is 6.62. The summed E-state index contributed by atoms with van der Waals surface area (Å²) in [6.07, 6.45) is -0.208. The normalized spacial score (nSPS) is 22.2. The van der Waals surface area contributed by atoms with Gasteiger partial charge >= 0.3 is 5.97 Å². The van der Waals surface area contributed by atoms with Crippen LogP contribution >= 0.6 is 11.6 Å². The Morgan fingerprint density at radius 3 is 2.61 bits per heavy atom. The van der Waals surface area contributed by atoms with E-state index in [9.17, 15) is 14.7 Å². The van der Waals surface area contributed by atoms with E-state index in [1.165, 1.54) is 0 Å². The monoisotopic (exact) mass is 339 g/mol. The van der Waals surface area contributed by atoms with Crippen molar-refractivity contribution in [1.82, 2.24) is 4.90 Å². The van der Waals surface area contributed by atoms with Crippen LogP contribution in [0.5, 0.6) is 5.75 Å². The first-order valence-corrected chi connectivity index (χ1v) is 8.05. The van der Waals surface area contributed by atoms with Crippen molar-refractivity contribution in [3.63, 3.8) is 0 Å². The molecular formula is C17H22ClNO4. The van der Waals surface area contributed by atoms with Gasteiger partial charge in [-0.1, -0.05) is 31.5 Å². The molecule has 0 spiro atoms. The molecule has 0 aliphatic carbocycles. The molecule has 5 nitrogen and oxygen atoms in total. The summed E-state index contributed by atoms with van der Waals surface area (Å²) in [5.74, 6) is -0.558. The summed E-state index contributed by atoms with van der Waals surface area (Å²) >= 11 is 5.95. The number of benzene rings is 1. The van der Waals surface area contributed by atoms with E-state index >= 15 is 0 Å². The van der Waals surface area contributed by atoms with E-state index in [2.05, 4.69) is 0 Å². The summed E-state index contributed by atoms with van der Waals surface area (Å²) in [4.78, 5) is 25.7. The summed E-state index contributed by atoms with van der Waals surface area (Å²) in [6.45, 7) is 6.12. The molecule has 0 aromatic heterocycles. The molecule has 1 saturated heterocycles. The molecule has 1 amide bonds. The van der Waals surface area contributed by atoms with Crippen molar-refractivity contribution in [3.8, 4) is 5.75 Å². The van der Waals surface area contributed by atoms with Crippen LogP contribution in [-0.2, 0) is 9.59 Å². The Balaban J connectivity index is 2.12. The number of carbonyl (C=O) groups is 2. The molecule has 1 aromatic rings. The molecule has 0 bridgehead atoms. The fraction of sp³-hybridized carbons (Fsp3) is 0.529. The third-order valence-corrected chi connectivity index (χ3v) is 4.44. The Morgan fingerprint density at radius 1 is 1.39 bits per heavy atom. The maximum atomic E-state index is 12.8. The van der Waals surface area contributed by atoms with Crippen molar-refractivity contribution in [2.24, 2.45) is 11.3 Å². The highest BCUT2D eigenvalue weighted by atomic mass is 35.5. The third-order valence-electron chi connectivity index (χ3n) is 4.21. The lowest BCUT2D eigenvalue weighted by molar-refractivity contribution is -0.148. The molecule has 1 heterocycles. The Kier molecular flexibility index (Phi) is 5.19. The van der Waals surface area contributed by atoms with Gasteiger partial charge in [0, 0.05) is 18.1 Å². The minimum absolute atomic E-state index is 0.0434. The van der Waals surface area contributed by atoms with Crippen LogP contribution in [0.25, 0.3) is 0 Å². The number of likely N-dealkylation sites (tertiary alicyclic amines) is 1. The molecule has 0 radical (unpaired) electrons. The number of rotatable bonds is 5. The number of carbonyl (C=O) groups excluding carboxylic acids is 1. The molecule has 1 aliphatic rings. The summed E-state index contributed by atoms with van der Waals surface area (Å²) < 4.78 is 5.84. The van der Waals surface area contributed by atoms with Gasteiger partial charge in [0.1, 0.15) is 5.75 Å². The average Bonchev–Trinajstić information content (AvgIpc) is 2.88. The van der Waals surface area contributed by atoms with Gasteiger partial charge in [0.15, 0.2) is 6.10 Å². The van der Waals surface area contributed by atoms with Crippen LogP contribution in [0.4, 0.5) is 0 Å². The second kappa shape index (κ2) is 6.79. The summed E-state index contributed by atoms with van der Waals surface area (Å²) in [7, 11) is 0. The van der Waals surface area contributed by atoms with Crippen LogP contribution in [0, 0.1) is 11.3 Å². The van der Waals surface area contributed by atoms with Crippen LogP contribution in [0.1, 0.15) is 27.2 Å². The lowest BCUT2D eigenvalue weighted by Gasteiger charge is -2.27. The van der Waals surface area contributed by atoms with Gasteiger partial charge in [-0.2, -0.15) is 0 Å². The van der Waals surface area contributed by atoms with Gasteiger partial charge in [-0.05, 0) is 37.5 Å². The number of ether oxygens (including phenoxy) is 1. The van der Waals surface area contributed by atoms with Crippen molar-refractivity contribution < 1.29 is 19.4 Å². The minimum Gasteiger partial charge on any atom is -0.481 e. The van der Waals surface area contributed by atoms with Crippen LogP contribution in [0.15, 0.2) is 24.3 Å². The van der Waals surface area contributed by atoms with Gasteiger partial charge in [-0.15, -0.1) is 0 Å². The lowest BCUT2D eigenvalue weighted by atomic mass is 9.90. The molecule has 2 rings (SSSR count). The molecule has 1 aromatic carbocycles. The van der Waals surface area contributed by atoms with E-state index in [4.69, 9.17) is 16.3 Å². The molecule has 6 heteroatoms. The quantitative estimate of drug-likeness (QED) is 0.895. The summed E-state index contributed by atoms with van der Waals surface area (Å²) in [5, 5.41) is 9.84. The predicted octanol–water partition coefficient (Wildman–Crippen LogP) is 3.07. The number of hydrogen-bond donors (Lipinski definition) is 1. The van der Waals surface area contributed by atoms with Crippen molar-refractivity contribution in [3.05, 3.63) is 29.3 Å². The van der Waals surface area contributed by atoms with Crippen molar-refractivity contribution in [1.29, 1.82) is 0 Å². The maximum absolute atomic E-state index is 12.8. The van der Waals surface area contributed by atoms with Crippen LogP contribution in [-0.4, -0.2) is 41.1 Å². The standard InChI is InChI=1S/C17H22ClNO4/c1-11(2)14(23-13-6-4-5-12(18)9-13)15(20)19-8-7-17(3,10-19)16(21)22/h4-6,9,11,14H,7-8,10H2,1-3H3,(H,21,22). The van der Waals surface area contributed by atoms with Crippen LogP contribution < -0.4 is 4.74 Å².